The van der Waals surface area contributed by atoms with E-state index in [0.29, 0.717) is 6.42 Å². The van der Waals surface area contributed by atoms with Crippen molar-refractivity contribution in [2.45, 2.75) is 84.8 Å². The lowest BCUT2D eigenvalue weighted by Gasteiger charge is -2.32. The van der Waals surface area contributed by atoms with E-state index >= 15 is 0 Å². The number of Topliss-reactive ketones (excluding diaryl/α,β-unsaturated/α-hetero) is 2. The number of rotatable bonds is 18. The summed E-state index contributed by atoms with van der Waals surface area (Å²) in [6, 6.07) is -2.04. The van der Waals surface area contributed by atoms with Gasteiger partial charge in [0.2, 0.25) is 11.8 Å². The number of methoxy groups -OCH3 is 1. The van der Waals surface area contributed by atoms with Gasteiger partial charge in [0.05, 0.1) is 36.1 Å². The highest BCUT2D eigenvalue weighted by Gasteiger charge is 2.40. The number of esters is 1. The van der Waals surface area contributed by atoms with Crippen LogP contribution in [0.1, 0.15) is 67.2 Å². The van der Waals surface area contributed by atoms with E-state index in [0.717, 1.165) is 0 Å². The van der Waals surface area contributed by atoms with Gasteiger partial charge in [-0.25, -0.2) is 0 Å². The molecule has 39 heavy (non-hydrogen) atoms. The van der Waals surface area contributed by atoms with Crippen LogP contribution in [-0.4, -0.2) is 73.8 Å². The first kappa shape index (κ1) is 35.5. The van der Waals surface area contributed by atoms with Gasteiger partial charge < -0.3 is 25.8 Å². The molecule has 0 aliphatic rings. The Labute approximate surface area is 229 Å². The van der Waals surface area contributed by atoms with E-state index in [2.05, 4.69) is 26.6 Å². The highest BCUT2D eigenvalue weighted by Crippen LogP contribution is 2.26. The third kappa shape index (κ3) is 12.3. The third-order valence-corrected chi connectivity index (χ3v) is 6.04. The second kappa shape index (κ2) is 15.8. The fourth-order valence-electron chi connectivity index (χ4n) is 3.44. The Morgan fingerprint density at radius 3 is 2.23 bits per heavy atom. The SMILES string of the molecule is C#CCOC[C@H](NC(=O)C(C)(C)CC(=O)C(C)(C)NC(=O)[C@@H](N)CCCN=[N+]=[N-])C(=O)CC(C)(C)C(=O)OC. The number of carbonyl (C=O) groups excluding carboxylic acids is 5. The minimum Gasteiger partial charge on any atom is -0.469 e. The van der Waals surface area contributed by atoms with Gasteiger partial charge in [0.1, 0.15) is 12.6 Å². The van der Waals surface area contributed by atoms with Crippen LogP contribution in [0.25, 0.3) is 10.4 Å². The molecule has 2 amide bonds. The summed E-state index contributed by atoms with van der Waals surface area (Å²) >= 11 is 0. The van der Waals surface area contributed by atoms with Crippen molar-refractivity contribution < 1.29 is 33.4 Å². The lowest BCUT2D eigenvalue weighted by Crippen LogP contribution is -2.56. The lowest BCUT2D eigenvalue weighted by molar-refractivity contribution is -0.153. The number of hydrogen-bond donors (Lipinski definition) is 3. The first-order valence-electron chi connectivity index (χ1n) is 12.5. The summed E-state index contributed by atoms with van der Waals surface area (Å²) in [5.41, 5.74) is 10.4. The number of nitrogens with two attached hydrogens (primary N) is 1. The van der Waals surface area contributed by atoms with Crippen LogP contribution in [-0.2, 0) is 33.4 Å². The number of carbonyl (C=O) groups is 5. The molecular formula is C26H42N6O7. The maximum Gasteiger partial charge on any atom is 0.311 e. The summed E-state index contributed by atoms with van der Waals surface area (Å²) in [6.45, 7) is 9.03. The molecule has 0 aromatic carbocycles. The van der Waals surface area contributed by atoms with Crippen molar-refractivity contribution in [3.8, 4) is 12.3 Å². The quantitative estimate of drug-likeness (QED) is 0.0569. The highest BCUT2D eigenvalue weighted by atomic mass is 16.5. The average molecular weight is 551 g/mol. The number of hydrogen-bond acceptors (Lipinski definition) is 9. The first-order valence-corrected chi connectivity index (χ1v) is 12.5. The van der Waals surface area contributed by atoms with Gasteiger partial charge in [-0.3, -0.25) is 24.0 Å². The minimum absolute atomic E-state index is 0.0938. The number of ether oxygens (including phenoxy) is 2. The molecule has 0 spiro atoms. The van der Waals surface area contributed by atoms with Crippen LogP contribution in [0.3, 0.4) is 0 Å². The molecule has 0 saturated carbocycles. The summed E-state index contributed by atoms with van der Waals surface area (Å²) in [4.78, 5) is 66.5. The van der Waals surface area contributed by atoms with Gasteiger partial charge in [-0.05, 0) is 46.1 Å². The molecule has 0 radical (unpaired) electrons. The van der Waals surface area contributed by atoms with Gasteiger partial charge in [-0.2, -0.15) is 0 Å². The van der Waals surface area contributed by atoms with E-state index in [1.54, 1.807) is 13.8 Å². The van der Waals surface area contributed by atoms with Crippen molar-refractivity contribution in [2.75, 3.05) is 26.9 Å². The summed E-state index contributed by atoms with van der Waals surface area (Å²) in [5, 5.41) is 8.61. The van der Waals surface area contributed by atoms with Gasteiger partial charge in [0, 0.05) is 24.3 Å². The van der Waals surface area contributed by atoms with Gasteiger partial charge in [-0.1, -0.05) is 24.9 Å². The number of terminal acetylenes is 1. The van der Waals surface area contributed by atoms with Gasteiger partial charge in [0.15, 0.2) is 11.6 Å². The fraction of sp³-hybridized carbons (Fsp3) is 0.731. The largest absolute Gasteiger partial charge is 0.469 e. The smallest absolute Gasteiger partial charge is 0.311 e. The Balaban J connectivity index is 5.43. The van der Waals surface area contributed by atoms with Crippen molar-refractivity contribution in [1.29, 1.82) is 0 Å². The molecule has 0 rings (SSSR count). The van der Waals surface area contributed by atoms with Gasteiger partial charge >= 0.3 is 5.97 Å². The topological polar surface area (TPSA) is 203 Å². The molecule has 13 nitrogen and oxygen atoms in total. The van der Waals surface area contributed by atoms with Crippen molar-refractivity contribution in [3.05, 3.63) is 10.4 Å². The maximum atomic E-state index is 13.2. The second-order valence-corrected chi connectivity index (χ2v) is 11.1. The maximum absolute atomic E-state index is 13.2. The van der Waals surface area contributed by atoms with Crippen molar-refractivity contribution in [1.82, 2.24) is 10.6 Å². The monoisotopic (exact) mass is 550 g/mol. The van der Waals surface area contributed by atoms with Crippen LogP contribution in [0.4, 0.5) is 0 Å². The number of azide groups is 1. The van der Waals surface area contributed by atoms with Crippen LogP contribution < -0.4 is 16.4 Å². The minimum atomic E-state index is -1.34. The molecule has 0 aliphatic carbocycles. The van der Waals surface area contributed by atoms with Crippen molar-refractivity contribution >= 4 is 29.4 Å². The Hall–Kier alpha value is -3.46. The van der Waals surface area contributed by atoms with Crippen molar-refractivity contribution in [2.24, 2.45) is 21.7 Å². The van der Waals surface area contributed by atoms with Crippen LogP contribution in [0.2, 0.25) is 0 Å². The molecule has 218 valence electrons. The first-order chi connectivity index (χ1) is 17.9. The Bertz CT molecular complexity index is 993. The van der Waals surface area contributed by atoms with E-state index in [4.69, 9.17) is 27.2 Å². The normalized spacial score (nSPS) is 13.2. The Kier molecular flexibility index (Phi) is 14.4. The molecule has 0 unspecified atom stereocenters. The van der Waals surface area contributed by atoms with Crippen LogP contribution >= 0.6 is 0 Å². The van der Waals surface area contributed by atoms with Crippen LogP contribution in [0.5, 0.6) is 0 Å². The van der Waals surface area contributed by atoms with Crippen LogP contribution in [0, 0.1) is 23.2 Å². The van der Waals surface area contributed by atoms with Gasteiger partial charge in [-0.15, -0.1) is 6.42 Å². The van der Waals surface area contributed by atoms with Crippen LogP contribution in [0.15, 0.2) is 5.11 Å². The number of nitrogens with zero attached hydrogens (tertiary/aromatic N) is 3. The second-order valence-electron chi connectivity index (χ2n) is 11.1. The average Bonchev–Trinajstić information content (AvgIpc) is 2.84. The lowest BCUT2D eigenvalue weighted by atomic mass is 9.80. The summed E-state index contributed by atoms with van der Waals surface area (Å²) in [7, 11) is 1.22. The van der Waals surface area contributed by atoms with Gasteiger partial charge in [0.25, 0.3) is 0 Å². The Morgan fingerprint density at radius 2 is 1.69 bits per heavy atom. The zero-order valence-corrected chi connectivity index (χ0v) is 24.0. The van der Waals surface area contributed by atoms with E-state index in [-0.39, 0.29) is 39.0 Å². The standard InChI is InChI=1S/C26H42N6O7/c1-9-13-39-16-18(19(33)14-25(4,5)23(37)38-8)30-22(36)24(2,3)15-20(34)26(6,7)31-21(35)17(27)11-10-12-29-32-28/h1,17-18H,10-16,27H2,2-8H3,(H,30,36)(H,31,35)/t17-,18-/m0/s1. The summed E-state index contributed by atoms with van der Waals surface area (Å²) in [5.74, 6) is -0.377. The Morgan fingerprint density at radius 1 is 1.08 bits per heavy atom. The molecule has 0 fully saturated rings. The number of nitrogens with one attached hydrogen (secondary N) is 2. The molecule has 0 heterocycles. The van der Waals surface area contributed by atoms with E-state index in [1.165, 1.54) is 34.8 Å². The molecule has 13 heteroatoms. The molecular weight excluding hydrogens is 508 g/mol. The zero-order valence-electron chi connectivity index (χ0n) is 24.0. The predicted molar refractivity (Wildman–Crippen MR) is 144 cm³/mol. The van der Waals surface area contributed by atoms with E-state index in [1.807, 2.05) is 0 Å². The van der Waals surface area contributed by atoms with Crippen molar-refractivity contribution in [3.63, 3.8) is 0 Å². The van der Waals surface area contributed by atoms with E-state index < -0.39 is 57.8 Å². The molecule has 2 atom stereocenters. The van der Waals surface area contributed by atoms with E-state index in [9.17, 15) is 24.0 Å². The number of ketones is 2. The summed E-state index contributed by atoms with van der Waals surface area (Å²) < 4.78 is 10.0. The molecule has 0 saturated heterocycles. The summed E-state index contributed by atoms with van der Waals surface area (Å²) in [6.07, 6.45) is 5.37. The number of amides is 2. The third-order valence-electron chi connectivity index (χ3n) is 6.04. The molecule has 4 N–H and O–H groups in total. The molecule has 0 aromatic rings. The fourth-order valence-corrected chi connectivity index (χ4v) is 3.44. The molecule has 0 aromatic heterocycles. The molecule has 0 bridgehead atoms. The predicted octanol–water partition coefficient (Wildman–Crippen LogP) is 1.58. The molecule has 0 aliphatic heterocycles. The highest BCUT2D eigenvalue weighted by molar-refractivity contribution is 5.98. The zero-order chi connectivity index (χ0) is 30.4.